The molecular weight excluding hydrogens is 540 g/mol. The van der Waals surface area contributed by atoms with Gasteiger partial charge in [-0.3, -0.25) is 9.98 Å². The largest absolute Gasteiger partial charge is 0.494 e. The average Bonchev–Trinajstić information content (AvgIpc) is 3.06. The molecule has 0 radical (unpaired) electrons. The second-order valence-electron chi connectivity index (χ2n) is 11.8. The van der Waals surface area contributed by atoms with Crippen molar-refractivity contribution < 1.29 is 9.47 Å². The van der Waals surface area contributed by atoms with Crippen molar-refractivity contribution in [3.05, 3.63) is 83.9 Å². The fourth-order valence-corrected chi connectivity index (χ4v) is 5.08. The van der Waals surface area contributed by atoms with E-state index in [1.807, 2.05) is 61.0 Å². The molecule has 4 heteroatoms. The van der Waals surface area contributed by atoms with Crippen molar-refractivity contribution in [1.29, 1.82) is 0 Å². The van der Waals surface area contributed by atoms with Gasteiger partial charge in [0.1, 0.15) is 11.5 Å². The number of rotatable bonds is 24. The van der Waals surface area contributed by atoms with Crippen LogP contribution in [0.3, 0.4) is 0 Å². The Labute approximate surface area is 268 Å². The van der Waals surface area contributed by atoms with Crippen LogP contribution in [0.2, 0.25) is 0 Å². The first-order valence-corrected chi connectivity index (χ1v) is 17.4. The topological polar surface area (TPSA) is 43.2 Å². The molecule has 0 bridgehead atoms. The number of aliphatic imine (C=N–C) groups is 2. The number of benzene rings is 3. The van der Waals surface area contributed by atoms with Gasteiger partial charge < -0.3 is 9.47 Å². The average molecular weight is 597 g/mol. The molecule has 0 aliphatic rings. The van der Waals surface area contributed by atoms with Crippen molar-refractivity contribution in [1.82, 2.24) is 0 Å². The predicted octanol–water partition coefficient (Wildman–Crippen LogP) is 12.2. The summed E-state index contributed by atoms with van der Waals surface area (Å²) in [6.07, 6.45) is 24.8. The summed E-state index contributed by atoms with van der Waals surface area (Å²) in [4.78, 5) is 9.24. The molecule has 0 amide bonds. The van der Waals surface area contributed by atoms with Crippen molar-refractivity contribution in [3.8, 4) is 11.5 Å². The van der Waals surface area contributed by atoms with Gasteiger partial charge in [0.15, 0.2) is 0 Å². The van der Waals surface area contributed by atoms with Gasteiger partial charge in [0.25, 0.3) is 0 Å². The van der Waals surface area contributed by atoms with Crippen molar-refractivity contribution in [3.63, 3.8) is 0 Å². The molecule has 3 aromatic carbocycles. The van der Waals surface area contributed by atoms with Crippen LogP contribution in [-0.4, -0.2) is 25.6 Å². The van der Waals surface area contributed by atoms with Crippen LogP contribution >= 0.6 is 0 Å². The summed E-state index contributed by atoms with van der Waals surface area (Å²) in [6.45, 7) is 6.11. The molecule has 0 N–H and O–H groups in total. The first-order valence-electron chi connectivity index (χ1n) is 17.4. The molecule has 0 saturated carbocycles. The second kappa shape index (κ2) is 23.0. The van der Waals surface area contributed by atoms with E-state index < -0.39 is 0 Å². The summed E-state index contributed by atoms with van der Waals surface area (Å²) in [6, 6.07) is 24.3. The van der Waals surface area contributed by atoms with Crippen LogP contribution < -0.4 is 9.47 Å². The third-order valence-corrected chi connectivity index (χ3v) is 7.87. The van der Waals surface area contributed by atoms with E-state index >= 15 is 0 Å². The minimum Gasteiger partial charge on any atom is -0.494 e. The number of nitrogens with zero attached hydrogens (tertiary/aromatic N) is 2. The van der Waals surface area contributed by atoms with Crippen LogP contribution in [0.5, 0.6) is 11.5 Å². The highest BCUT2D eigenvalue weighted by Gasteiger charge is 1.98. The molecular formula is C40H56N2O2. The number of hydrogen-bond donors (Lipinski definition) is 0. The number of unbranched alkanes of at least 4 members (excludes halogenated alkanes) is 14. The fraction of sp³-hybridized carbons (Fsp3) is 0.500. The van der Waals surface area contributed by atoms with Crippen LogP contribution in [0, 0.1) is 0 Å². The van der Waals surface area contributed by atoms with Gasteiger partial charge in [0, 0.05) is 12.4 Å². The zero-order valence-electron chi connectivity index (χ0n) is 27.5. The molecule has 44 heavy (non-hydrogen) atoms. The van der Waals surface area contributed by atoms with Gasteiger partial charge in [-0.2, -0.15) is 0 Å². The SMILES string of the molecule is CCCCCCCCCCOc1ccc(/C=N\c2ccc(/N=C\c3ccc(OCCCCCCCCCC)cc3)cc2)cc1. The Morgan fingerprint density at radius 1 is 0.409 bits per heavy atom. The van der Waals surface area contributed by atoms with Crippen LogP contribution in [0.25, 0.3) is 0 Å². The zero-order valence-corrected chi connectivity index (χ0v) is 27.5. The molecule has 238 valence electrons. The minimum absolute atomic E-state index is 0.788. The Balaban J connectivity index is 1.30. The molecule has 0 spiro atoms. The normalized spacial score (nSPS) is 11.5. The van der Waals surface area contributed by atoms with E-state index in [2.05, 4.69) is 48.1 Å². The van der Waals surface area contributed by atoms with Gasteiger partial charge in [-0.1, -0.05) is 104 Å². The summed E-state index contributed by atoms with van der Waals surface area (Å²) in [7, 11) is 0. The summed E-state index contributed by atoms with van der Waals surface area (Å²) in [5.41, 5.74) is 3.91. The number of hydrogen-bond acceptors (Lipinski definition) is 4. The molecule has 4 nitrogen and oxygen atoms in total. The summed E-state index contributed by atoms with van der Waals surface area (Å²) < 4.78 is 11.8. The minimum atomic E-state index is 0.788. The summed E-state index contributed by atoms with van der Waals surface area (Å²) in [5.74, 6) is 1.85. The molecule has 0 unspecified atom stereocenters. The second-order valence-corrected chi connectivity index (χ2v) is 11.8. The maximum absolute atomic E-state index is 5.92. The van der Waals surface area contributed by atoms with Gasteiger partial charge in [0.2, 0.25) is 0 Å². The van der Waals surface area contributed by atoms with Gasteiger partial charge in [-0.15, -0.1) is 0 Å². The number of ether oxygens (including phenoxy) is 2. The highest BCUT2D eigenvalue weighted by atomic mass is 16.5. The van der Waals surface area contributed by atoms with Gasteiger partial charge >= 0.3 is 0 Å². The third kappa shape index (κ3) is 15.9. The van der Waals surface area contributed by atoms with E-state index in [-0.39, 0.29) is 0 Å². The molecule has 0 aliphatic heterocycles. The van der Waals surface area contributed by atoms with E-state index in [1.165, 1.54) is 89.9 Å². The van der Waals surface area contributed by atoms with E-state index in [1.54, 1.807) is 0 Å². The first-order chi connectivity index (χ1) is 21.8. The Kier molecular flexibility index (Phi) is 18.4. The molecule has 0 heterocycles. The van der Waals surface area contributed by atoms with Gasteiger partial charge in [0.05, 0.1) is 24.6 Å². The Bertz CT molecular complexity index is 1070. The lowest BCUT2D eigenvalue weighted by Gasteiger charge is -2.06. The van der Waals surface area contributed by atoms with E-state index in [0.29, 0.717) is 0 Å². The van der Waals surface area contributed by atoms with Crippen LogP contribution in [0.4, 0.5) is 11.4 Å². The first kappa shape index (κ1) is 35.1. The van der Waals surface area contributed by atoms with E-state index in [0.717, 1.165) is 60.1 Å². The predicted molar refractivity (Wildman–Crippen MR) is 190 cm³/mol. The molecule has 3 aromatic rings. The molecule has 0 aliphatic carbocycles. The standard InChI is InChI=1S/C40H56N2O2/c1-3-5-7-9-11-13-15-17-31-43-39-27-19-35(20-28-39)33-41-37-23-25-38(26-24-37)42-34-36-21-29-40(30-22-36)44-32-18-16-14-12-10-8-6-4-2/h19-30,33-34H,3-18,31-32H2,1-2H3/b41-33-,42-34-. The van der Waals surface area contributed by atoms with Crippen molar-refractivity contribution in [2.75, 3.05) is 13.2 Å². The fourth-order valence-electron chi connectivity index (χ4n) is 5.08. The Morgan fingerprint density at radius 3 is 1.07 bits per heavy atom. The van der Waals surface area contributed by atoms with Gasteiger partial charge in [-0.05, 0) is 96.8 Å². The molecule has 0 atom stereocenters. The van der Waals surface area contributed by atoms with Crippen molar-refractivity contribution in [2.24, 2.45) is 9.98 Å². The van der Waals surface area contributed by atoms with Crippen molar-refractivity contribution >= 4 is 23.8 Å². The highest BCUT2D eigenvalue weighted by molar-refractivity contribution is 5.83. The van der Waals surface area contributed by atoms with Crippen LogP contribution in [0.1, 0.15) is 128 Å². The lowest BCUT2D eigenvalue weighted by Crippen LogP contribution is -1.97. The van der Waals surface area contributed by atoms with E-state index in [4.69, 9.17) is 9.47 Å². The maximum Gasteiger partial charge on any atom is 0.119 e. The molecule has 3 rings (SSSR count). The summed E-state index contributed by atoms with van der Waals surface area (Å²) >= 11 is 0. The maximum atomic E-state index is 5.92. The van der Waals surface area contributed by atoms with E-state index in [9.17, 15) is 0 Å². The van der Waals surface area contributed by atoms with Crippen molar-refractivity contribution in [2.45, 2.75) is 117 Å². The molecule has 0 fully saturated rings. The third-order valence-electron chi connectivity index (χ3n) is 7.87. The Morgan fingerprint density at radius 2 is 0.727 bits per heavy atom. The summed E-state index contributed by atoms with van der Waals surface area (Å²) in [5, 5.41) is 0. The molecule has 0 aromatic heterocycles. The zero-order chi connectivity index (χ0) is 30.9. The monoisotopic (exact) mass is 596 g/mol. The molecule has 0 saturated heterocycles. The smallest absolute Gasteiger partial charge is 0.119 e. The van der Waals surface area contributed by atoms with Crippen LogP contribution in [-0.2, 0) is 0 Å². The quantitative estimate of drug-likeness (QED) is 0.0762. The lowest BCUT2D eigenvalue weighted by atomic mass is 10.1. The highest BCUT2D eigenvalue weighted by Crippen LogP contribution is 2.20. The Hall–Kier alpha value is -3.40. The van der Waals surface area contributed by atoms with Gasteiger partial charge in [-0.25, -0.2) is 0 Å². The lowest BCUT2D eigenvalue weighted by molar-refractivity contribution is 0.304. The van der Waals surface area contributed by atoms with Crippen LogP contribution in [0.15, 0.2) is 82.8 Å².